The summed E-state index contributed by atoms with van der Waals surface area (Å²) >= 11 is 0. The largest absolute Gasteiger partial charge is 1.00 e. The number of rotatable bonds is 4. The van der Waals surface area contributed by atoms with Gasteiger partial charge in [-0.3, -0.25) is 0 Å². The zero-order chi connectivity index (χ0) is 8.20. The summed E-state index contributed by atoms with van der Waals surface area (Å²) < 4.78 is 45.9. The predicted octanol–water partition coefficient (Wildman–Crippen LogP) is -3.13. The maximum atomic E-state index is 12.1. The summed E-state index contributed by atoms with van der Waals surface area (Å²) in [5, 5.41) is 0. The van der Waals surface area contributed by atoms with Crippen LogP contribution in [-0.2, 0) is 14.9 Å². The van der Waals surface area contributed by atoms with Crippen molar-refractivity contribution < 1.29 is 73.5 Å². The van der Waals surface area contributed by atoms with Gasteiger partial charge in [-0.1, -0.05) is 0 Å². The Kier molecular flexibility index (Phi) is 9.37. The fourth-order valence-electron chi connectivity index (χ4n) is 0.294. The molecule has 0 saturated carbocycles. The SMILES string of the molecule is CCOCC(F)S(=O)(=O)[O-].[K+]. The number of hydrogen-bond donors (Lipinski definition) is 0. The molecule has 0 aliphatic carbocycles. The first kappa shape index (κ1) is 14.9. The fraction of sp³-hybridized carbons (Fsp3) is 1.00. The van der Waals surface area contributed by atoms with Gasteiger partial charge in [0.2, 0.25) is 5.50 Å². The topological polar surface area (TPSA) is 66.4 Å². The first-order chi connectivity index (χ1) is 4.48. The second kappa shape index (κ2) is 6.90. The predicted molar refractivity (Wildman–Crippen MR) is 31.1 cm³/mol. The van der Waals surface area contributed by atoms with E-state index in [1.807, 2.05) is 0 Å². The zero-order valence-corrected chi connectivity index (χ0v) is 10.4. The van der Waals surface area contributed by atoms with Crippen molar-refractivity contribution in [3.63, 3.8) is 0 Å². The van der Waals surface area contributed by atoms with Gasteiger partial charge in [0.1, 0.15) is 10.1 Å². The van der Waals surface area contributed by atoms with Crippen LogP contribution in [0.25, 0.3) is 0 Å². The molecule has 11 heavy (non-hydrogen) atoms. The second-order valence-corrected chi connectivity index (χ2v) is 3.06. The fourth-order valence-corrected chi connectivity index (χ4v) is 0.557. The van der Waals surface area contributed by atoms with Gasteiger partial charge in [-0.2, -0.15) is 0 Å². The molecule has 7 heteroatoms. The Bertz CT molecular complexity index is 181. The van der Waals surface area contributed by atoms with E-state index in [0.717, 1.165) is 0 Å². The molecule has 4 nitrogen and oxygen atoms in total. The van der Waals surface area contributed by atoms with Gasteiger partial charge in [-0.05, 0) is 6.92 Å². The maximum absolute atomic E-state index is 12.1. The molecule has 0 saturated heterocycles. The van der Waals surface area contributed by atoms with Gasteiger partial charge >= 0.3 is 51.4 Å². The first-order valence-corrected chi connectivity index (χ1v) is 4.12. The summed E-state index contributed by atoms with van der Waals surface area (Å²) in [4.78, 5) is 0. The number of hydrogen-bond acceptors (Lipinski definition) is 4. The molecule has 0 radical (unpaired) electrons. The van der Waals surface area contributed by atoms with Crippen LogP contribution in [0, 0.1) is 0 Å². The average molecular weight is 210 g/mol. The van der Waals surface area contributed by atoms with Crippen LogP contribution >= 0.6 is 0 Å². The van der Waals surface area contributed by atoms with Crippen molar-refractivity contribution in [3.8, 4) is 0 Å². The van der Waals surface area contributed by atoms with E-state index in [1.54, 1.807) is 6.92 Å². The molecule has 0 spiro atoms. The normalized spacial score (nSPS) is 13.7. The van der Waals surface area contributed by atoms with E-state index >= 15 is 0 Å². The van der Waals surface area contributed by atoms with Crippen LogP contribution < -0.4 is 51.4 Å². The first-order valence-electron chi connectivity index (χ1n) is 2.65. The van der Waals surface area contributed by atoms with Gasteiger partial charge in [0.05, 0.1) is 6.61 Å². The molecule has 0 aliphatic rings. The molecule has 0 amide bonds. The summed E-state index contributed by atoms with van der Waals surface area (Å²) in [6, 6.07) is 0. The van der Waals surface area contributed by atoms with E-state index in [9.17, 15) is 17.4 Å². The summed E-state index contributed by atoms with van der Waals surface area (Å²) in [5.41, 5.74) is -2.44. The van der Waals surface area contributed by atoms with Crippen molar-refractivity contribution in [3.05, 3.63) is 0 Å². The van der Waals surface area contributed by atoms with Crippen LogP contribution in [0.3, 0.4) is 0 Å². The molecule has 0 bridgehead atoms. The van der Waals surface area contributed by atoms with E-state index in [2.05, 4.69) is 4.74 Å². The van der Waals surface area contributed by atoms with Crippen LogP contribution in [0.4, 0.5) is 4.39 Å². The summed E-state index contributed by atoms with van der Waals surface area (Å²) in [6.07, 6.45) is 0. The van der Waals surface area contributed by atoms with Crippen molar-refractivity contribution in [2.24, 2.45) is 0 Å². The molecule has 0 rings (SSSR count). The standard InChI is InChI=1S/C4H9FO4S.K/c1-2-9-3-4(5)10(6,7)8;/h4H,2-3H2,1H3,(H,6,7,8);/q;+1/p-1. The van der Waals surface area contributed by atoms with Gasteiger partial charge in [0.15, 0.2) is 0 Å². The Morgan fingerprint density at radius 2 is 2.09 bits per heavy atom. The van der Waals surface area contributed by atoms with Crippen molar-refractivity contribution >= 4 is 10.1 Å². The van der Waals surface area contributed by atoms with Gasteiger partial charge in [0.25, 0.3) is 0 Å². The molecule has 1 unspecified atom stereocenters. The molecule has 0 aromatic heterocycles. The molecule has 0 aliphatic heterocycles. The van der Waals surface area contributed by atoms with Crippen LogP contribution in [-0.4, -0.2) is 31.7 Å². The summed E-state index contributed by atoms with van der Waals surface area (Å²) in [6.45, 7) is 1.09. The third-order valence-electron chi connectivity index (χ3n) is 0.766. The molecular weight excluding hydrogens is 202 g/mol. The summed E-state index contributed by atoms with van der Waals surface area (Å²) in [5.74, 6) is 0. The molecule has 0 aromatic rings. The minimum absolute atomic E-state index is 0. The van der Waals surface area contributed by atoms with Gasteiger partial charge in [0, 0.05) is 6.61 Å². The van der Waals surface area contributed by atoms with Gasteiger partial charge < -0.3 is 9.29 Å². The third-order valence-corrected chi connectivity index (χ3v) is 1.53. The Hall–Kier alpha value is 1.44. The molecule has 0 aromatic carbocycles. The zero-order valence-electron chi connectivity index (χ0n) is 6.41. The third kappa shape index (κ3) is 7.79. The van der Waals surface area contributed by atoms with Crippen LogP contribution in [0.1, 0.15) is 6.92 Å². The quantitative estimate of drug-likeness (QED) is 0.363. The van der Waals surface area contributed by atoms with Gasteiger partial charge in [-0.25, -0.2) is 12.8 Å². The van der Waals surface area contributed by atoms with E-state index in [1.165, 1.54) is 0 Å². The van der Waals surface area contributed by atoms with Crippen LogP contribution in [0.2, 0.25) is 0 Å². The smallest absolute Gasteiger partial charge is 0.746 e. The Morgan fingerprint density at radius 1 is 1.64 bits per heavy atom. The second-order valence-electron chi connectivity index (χ2n) is 1.56. The molecule has 0 N–H and O–H groups in total. The van der Waals surface area contributed by atoms with E-state index in [4.69, 9.17) is 0 Å². The summed E-state index contributed by atoms with van der Waals surface area (Å²) in [7, 11) is -4.82. The Balaban J connectivity index is 0. The molecule has 62 valence electrons. The molecule has 0 heterocycles. The molecule has 0 fully saturated rings. The van der Waals surface area contributed by atoms with E-state index < -0.39 is 22.2 Å². The van der Waals surface area contributed by atoms with Crippen molar-refractivity contribution in [2.75, 3.05) is 13.2 Å². The molecular formula is C4H8FKO4S. The number of ether oxygens (including phenoxy) is 1. The van der Waals surface area contributed by atoms with Crippen molar-refractivity contribution in [2.45, 2.75) is 12.4 Å². The Morgan fingerprint density at radius 3 is 2.36 bits per heavy atom. The number of alkyl halides is 1. The number of halogens is 1. The van der Waals surface area contributed by atoms with E-state index in [0.29, 0.717) is 0 Å². The Labute approximate surface area is 108 Å². The van der Waals surface area contributed by atoms with Crippen molar-refractivity contribution in [1.29, 1.82) is 0 Å². The minimum Gasteiger partial charge on any atom is -0.746 e. The van der Waals surface area contributed by atoms with Gasteiger partial charge in [-0.15, -0.1) is 0 Å². The van der Waals surface area contributed by atoms with Crippen molar-refractivity contribution in [1.82, 2.24) is 0 Å². The molecule has 1 atom stereocenters. The minimum atomic E-state index is -4.82. The maximum Gasteiger partial charge on any atom is 1.00 e. The average Bonchev–Trinajstić information content (AvgIpc) is 1.80. The van der Waals surface area contributed by atoms with E-state index in [-0.39, 0.29) is 58.0 Å². The van der Waals surface area contributed by atoms with Crippen LogP contribution in [0.5, 0.6) is 0 Å². The van der Waals surface area contributed by atoms with Crippen LogP contribution in [0.15, 0.2) is 0 Å². The monoisotopic (exact) mass is 210 g/mol.